The van der Waals surface area contributed by atoms with Crippen molar-refractivity contribution in [1.29, 1.82) is 0 Å². The van der Waals surface area contributed by atoms with Crippen LogP contribution in [0.2, 0.25) is 5.15 Å². The fourth-order valence-electron chi connectivity index (χ4n) is 1.62. The van der Waals surface area contributed by atoms with Crippen LogP contribution in [0.15, 0.2) is 47.1 Å². The van der Waals surface area contributed by atoms with Crippen molar-refractivity contribution in [3.63, 3.8) is 0 Å². The van der Waals surface area contributed by atoms with Crippen LogP contribution in [-0.4, -0.2) is 10.9 Å². The Hall–Kier alpha value is -1.39. The quantitative estimate of drug-likeness (QED) is 0.859. The third-order valence-corrected chi connectivity index (χ3v) is 3.46. The van der Waals surface area contributed by atoms with E-state index in [0.717, 1.165) is 10.0 Å². The Morgan fingerprint density at radius 2 is 1.95 bits per heavy atom. The molecule has 2 rings (SSSR count). The summed E-state index contributed by atoms with van der Waals surface area (Å²) < 4.78 is 1.01. The van der Waals surface area contributed by atoms with E-state index in [9.17, 15) is 4.79 Å². The first-order valence-corrected chi connectivity index (χ1v) is 6.91. The monoisotopic (exact) mass is 338 g/mol. The van der Waals surface area contributed by atoms with Gasteiger partial charge in [-0.15, -0.1) is 0 Å². The smallest absolute Gasteiger partial charge is 0.253 e. The molecule has 1 N–H and O–H groups in total. The van der Waals surface area contributed by atoms with E-state index in [4.69, 9.17) is 11.6 Å². The molecule has 0 spiro atoms. The molecule has 0 fully saturated rings. The summed E-state index contributed by atoms with van der Waals surface area (Å²) in [7, 11) is 0. The maximum absolute atomic E-state index is 12.0. The van der Waals surface area contributed by atoms with Crippen LogP contribution in [0.4, 0.5) is 0 Å². The van der Waals surface area contributed by atoms with Crippen LogP contribution in [-0.2, 0) is 0 Å². The lowest BCUT2D eigenvalue weighted by molar-refractivity contribution is 0.0939. The van der Waals surface area contributed by atoms with E-state index in [1.54, 1.807) is 12.1 Å². The van der Waals surface area contributed by atoms with Crippen molar-refractivity contribution in [2.45, 2.75) is 13.0 Å². The van der Waals surface area contributed by atoms with E-state index in [1.165, 1.54) is 6.20 Å². The van der Waals surface area contributed by atoms with Crippen molar-refractivity contribution in [3.8, 4) is 0 Å². The second kappa shape index (κ2) is 6.17. The minimum Gasteiger partial charge on any atom is -0.345 e. The highest BCUT2D eigenvalue weighted by Gasteiger charge is 2.11. The molecule has 0 aliphatic heterocycles. The first-order chi connectivity index (χ1) is 9.06. The van der Waals surface area contributed by atoms with Crippen molar-refractivity contribution in [2.75, 3.05) is 0 Å². The molecule has 1 heterocycles. The van der Waals surface area contributed by atoms with Crippen LogP contribution in [0.5, 0.6) is 0 Å². The van der Waals surface area contributed by atoms with Gasteiger partial charge in [0, 0.05) is 10.7 Å². The Kier molecular flexibility index (Phi) is 4.56. The van der Waals surface area contributed by atoms with Crippen molar-refractivity contribution in [1.82, 2.24) is 10.3 Å². The topological polar surface area (TPSA) is 42.0 Å². The zero-order valence-electron chi connectivity index (χ0n) is 10.2. The highest BCUT2D eigenvalue weighted by molar-refractivity contribution is 9.10. The number of benzene rings is 1. The molecule has 0 saturated carbocycles. The van der Waals surface area contributed by atoms with E-state index in [0.29, 0.717) is 10.7 Å². The number of rotatable bonds is 3. The van der Waals surface area contributed by atoms with Crippen molar-refractivity contribution in [3.05, 3.63) is 63.3 Å². The molecule has 98 valence electrons. The lowest BCUT2D eigenvalue weighted by atomic mass is 10.1. The number of amides is 1. The lowest BCUT2D eigenvalue weighted by Gasteiger charge is -2.14. The van der Waals surface area contributed by atoms with Gasteiger partial charge < -0.3 is 5.32 Å². The lowest BCUT2D eigenvalue weighted by Crippen LogP contribution is -2.26. The third kappa shape index (κ3) is 3.78. The minimum absolute atomic E-state index is 0.0729. The molecule has 0 radical (unpaired) electrons. The van der Waals surface area contributed by atoms with Gasteiger partial charge in [-0.05, 0) is 36.8 Å². The van der Waals surface area contributed by atoms with Crippen LogP contribution in [0.3, 0.4) is 0 Å². The Labute approximate surface area is 125 Å². The molecule has 1 amide bonds. The predicted molar refractivity (Wildman–Crippen MR) is 79.3 cm³/mol. The summed E-state index contributed by atoms with van der Waals surface area (Å²) in [6, 6.07) is 11.0. The molecule has 19 heavy (non-hydrogen) atoms. The van der Waals surface area contributed by atoms with Gasteiger partial charge in [-0.1, -0.05) is 39.7 Å². The number of hydrogen-bond donors (Lipinski definition) is 1. The predicted octanol–water partition coefficient (Wildman–Crippen LogP) is 3.99. The van der Waals surface area contributed by atoms with Gasteiger partial charge in [-0.2, -0.15) is 0 Å². The second-order valence-corrected chi connectivity index (χ2v) is 5.42. The number of hydrogen-bond acceptors (Lipinski definition) is 2. The van der Waals surface area contributed by atoms with Gasteiger partial charge in [0.2, 0.25) is 0 Å². The maximum atomic E-state index is 12.0. The molecule has 5 heteroatoms. The highest BCUT2D eigenvalue weighted by Crippen LogP contribution is 2.17. The molecule has 2 aromatic rings. The zero-order chi connectivity index (χ0) is 13.8. The molecule has 0 bridgehead atoms. The zero-order valence-corrected chi connectivity index (χ0v) is 12.6. The van der Waals surface area contributed by atoms with E-state index < -0.39 is 0 Å². The summed E-state index contributed by atoms with van der Waals surface area (Å²) in [5, 5.41) is 3.29. The van der Waals surface area contributed by atoms with E-state index in [-0.39, 0.29) is 11.9 Å². The van der Waals surface area contributed by atoms with Crippen molar-refractivity contribution in [2.24, 2.45) is 0 Å². The average Bonchev–Trinajstić information content (AvgIpc) is 2.40. The molecular formula is C14H12BrClN2O. The van der Waals surface area contributed by atoms with Crippen LogP contribution in [0.25, 0.3) is 0 Å². The minimum atomic E-state index is -0.167. The fraction of sp³-hybridized carbons (Fsp3) is 0.143. The molecule has 0 unspecified atom stereocenters. The highest BCUT2D eigenvalue weighted by atomic mass is 79.9. The van der Waals surface area contributed by atoms with Crippen molar-refractivity contribution < 1.29 is 4.79 Å². The number of nitrogens with zero attached hydrogens (tertiary/aromatic N) is 1. The van der Waals surface area contributed by atoms with Gasteiger partial charge in [0.05, 0.1) is 11.6 Å². The summed E-state index contributed by atoms with van der Waals surface area (Å²) in [5.41, 5.74) is 1.53. The molecule has 1 atom stereocenters. The van der Waals surface area contributed by atoms with Gasteiger partial charge in [0.1, 0.15) is 5.15 Å². The maximum Gasteiger partial charge on any atom is 0.253 e. The summed E-state index contributed by atoms with van der Waals surface area (Å²) in [4.78, 5) is 15.9. The Bertz CT molecular complexity index is 569. The number of aromatic nitrogens is 1. The Morgan fingerprint density at radius 3 is 2.53 bits per heavy atom. The van der Waals surface area contributed by atoms with Gasteiger partial charge in [0.25, 0.3) is 5.91 Å². The Morgan fingerprint density at radius 1 is 1.26 bits per heavy atom. The molecule has 1 aromatic carbocycles. The third-order valence-electron chi connectivity index (χ3n) is 2.71. The van der Waals surface area contributed by atoms with Crippen LogP contribution in [0.1, 0.15) is 28.9 Å². The summed E-state index contributed by atoms with van der Waals surface area (Å²) in [5.74, 6) is -0.167. The number of nitrogens with one attached hydrogen (secondary N) is 1. The number of carbonyl (C=O) groups excluding carboxylic acids is 1. The first-order valence-electron chi connectivity index (χ1n) is 5.74. The SMILES string of the molecule is C[C@H](NC(=O)c1ccc(Cl)nc1)c1ccc(Br)cc1. The van der Waals surface area contributed by atoms with Gasteiger partial charge in [-0.25, -0.2) is 4.98 Å². The molecule has 0 aliphatic rings. The molecular weight excluding hydrogens is 328 g/mol. The summed E-state index contributed by atoms with van der Waals surface area (Å²) in [6.45, 7) is 1.94. The van der Waals surface area contributed by atoms with Crippen molar-refractivity contribution >= 4 is 33.4 Å². The van der Waals surface area contributed by atoms with Crippen LogP contribution in [0, 0.1) is 0 Å². The van der Waals surface area contributed by atoms with Crippen LogP contribution < -0.4 is 5.32 Å². The summed E-state index contributed by atoms with van der Waals surface area (Å²) >= 11 is 9.07. The number of carbonyl (C=O) groups is 1. The second-order valence-electron chi connectivity index (χ2n) is 4.12. The number of pyridine rings is 1. The average molecular weight is 340 g/mol. The molecule has 3 nitrogen and oxygen atoms in total. The molecule has 0 aliphatic carbocycles. The largest absolute Gasteiger partial charge is 0.345 e. The van der Waals surface area contributed by atoms with Crippen LogP contribution >= 0.6 is 27.5 Å². The first kappa shape index (κ1) is 14.0. The van der Waals surface area contributed by atoms with Gasteiger partial charge in [0.15, 0.2) is 0 Å². The Balaban J connectivity index is 2.06. The van der Waals surface area contributed by atoms with Gasteiger partial charge in [-0.3, -0.25) is 4.79 Å². The van der Waals surface area contributed by atoms with E-state index >= 15 is 0 Å². The van der Waals surface area contributed by atoms with Gasteiger partial charge >= 0.3 is 0 Å². The summed E-state index contributed by atoms with van der Waals surface area (Å²) in [6.07, 6.45) is 1.46. The fourth-order valence-corrected chi connectivity index (χ4v) is 2.00. The number of halogens is 2. The standard InChI is InChI=1S/C14H12BrClN2O/c1-9(10-2-5-12(15)6-3-10)18-14(19)11-4-7-13(16)17-8-11/h2-9H,1H3,(H,18,19)/t9-/m0/s1. The molecule has 1 aromatic heterocycles. The normalized spacial score (nSPS) is 11.9. The van der Waals surface area contributed by atoms with E-state index in [1.807, 2.05) is 31.2 Å². The molecule has 0 saturated heterocycles. The van der Waals surface area contributed by atoms with E-state index in [2.05, 4.69) is 26.2 Å².